The van der Waals surface area contributed by atoms with E-state index in [1.807, 2.05) is 0 Å². The molecule has 0 spiro atoms. The van der Waals surface area contributed by atoms with Gasteiger partial charge in [-0.25, -0.2) is 9.49 Å². The summed E-state index contributed by atoms with van der Waals surface area (Å²) in [6.07, 6.45) is -0.219. The molecule has 138 valence electrons. The molecule has 1 heterocycles. The summed E-state index contributed by atoms with van der Waals surface area (Å²) in [4.78, 5) is 35.6. The van der Waals surface area contributed by atoms with Crippen molar-refractivity contribution in [2.75, 3.05) is 11.9 Å². The maximum absolute atomic E-state index is 13.7. The van der Waals surface area contributed by atoms with Crippen molar-refractivity contribution in [3.63, 3.8) is 0 Å². The largest absolute Gasteiger partial charge is 0.455 e. The zero-order valence-electron chi connectivity index (χ0n) is 14.4. The number of rotatable bonds is 5. The topological polar surface area (TPSA) is 101 Å². The summed E-state index contributed by atoms with van der Waals surface area (Å²) < 4.78 is 18.6. The molecular weight excluding hydrogens is 353 g/mol. The van der Waals surface area contributed by atoms with Crippen molar-refractivity contribution in [1.82, 2.24) is 10.2 Å². The monoisotopic (exact) mass is 369 g/mol. The average Bonchev–Trinajstić information content (AvgIpc) is 2.65. The number of halogens is 1. The highest BCUT2D eigenvalue weighted by Crippen LogP contribution is 2.15. The Balaban J connectivity index is 1.61. The van der Waals surface area contributed by atoms with E-state index in [-0.39, 0.29) is 17.7 Å². The van der Waals surface area contributed by atoms with Crippen LogP contribution < -0.4 is 10.9 Å². The van der Waals surface area contributed by atoms with Gasteiger partial charge in [-0.2, -0.15) is 5.10 Å². The molecule has 2 aromatic carbocycles. The Hall–Kier alpha value is -3.55. The Morgan fingerprint density at radius 3 is 2.67 bits per heavy atom. The number of nitrogens with one attached hydrogen (secondary N) is 2. The van der Waals surface area contributed by atoms with Crippen molar-refractivity contribution in [2.45, 2.75) is 13.3 Å². The van der Waals surface area contributed by atoms with E-state index in [2.05, 4.69) is 15.5 Å². The first-order chi connectivity index (χ1) is 12.9. The minimum atomic E-state index is -0.695. The zero-order valence-corrected chi connectivity index (χ0v) is 14.4. The van der Waals surface area contributed by atoms with Gasteiger partial charge in [0.25, 0.3) is 11.5 Å². The summed E-state index contributed by atoms with van der Waals surface area (Å²) in [5, 5.41) is 9.47. The van der Waals surface area contributed by atoms with E-state index in [1.165, 1.54) is 12.1 Å². The SMILES string of the molecule is Cc1ccc(NC(=O)COC(=O)Cc2n[nH]c(=O)c3ccccc23)c(F)c1. The lowest BCUT2D eigenvalue weighted by Crippen LogP contribution is -2.23. The molecule has 8 heteroatoms. The summed E-state index contributed by atoms with van der Waals surface area (Å²) in [5.74, 6) is -1.93. The van der Waals surface area contributed by atoms with Gasteiger partial charge in [0.1, 0.15) is 5.82 Å². The molecule has 0 fully saturated rings. The second-order valence-electron chi connectivity index (χ2n) is 5.91. The van der Waals surface area contributed by atoms with Crippen LogP contribution in [-0.4, -0.2) is 28.7 Å². The highest BCUT2D eigenvalue weighted by atomic mass is 19.1. The third-order valence-electron chi connectivity index (χ3n) is 3.85. The van der Waals surface area contributed by atoms with Gasteiger partial charge < -0.3 is 10.1 Å². The molecule has 1 amide bonds. The van der Waals surface area contributed by atoms with Gasteiger partial charge in [-0.15, -0.1) is 0 Å². The van der Waals surface area contributed by atoms with Gasteiger partial charge >= 0.3 is 5.97 Å². The Morgan fingerprint density at radius 1 is 1.19 bits per heavy atom. The van der Waals surface area contributed by atoms with Gasteiger partial charge in [0.2, 0.25) is 0 Å². The molecular formula is C19H16FN3O4. The van der Waals surface area contributed by atoms with E-state index in [1.54, 1.807) is 37.3 Å². The summed E-state index contributed by atoms with van der Waals surface area (Å²) in [5.41, 5.74) is 0.704. The minimum absolute atomic E-state index is 0.00921. The van der Waals surface area contributed by atoms with Gasteiger partial charge in [-0.1, -0.05) is 24.3 Å². The molecule has 0 atom stereocenters. The van der Waals surface area contributed by atoms with Crippen LogP contribution in [0.1, 0.15) is 11.3 Å². The fourth-order valence-electron chi connectivity index (χ4n) is 2.55. The molecule has 0 saturated heterocycles. The molecule has 7 nitrogen and oxygen atoms in total. The highest BCUT2D eigenvalue weighted by Gasteiger charge is 2.14. The van der Waals surface area contributed by atoms with Crippen molar-refractivity contribution < 1.29 is 18.7 Å². The van der Waals surface area contributed by atoms with Gasteiger partial charge in [-0.05, 0) is 30.7 Å². The van der Waals surface area contributed by atoms with Crippen LogP contribution in [0.5, 0.6) is 0 Å². The third-order valence-corrected chi connectivity index (χ3v) is 3.85. The van der Waals surface area contributed by atoms with Crippen LogP contribution in [0.25, 0.3) is 10.8 Å². The van der Waals surface area contributed by atoms with Crippen molar-refractivity contribution in [1.29, 1.82) is 0 Å². The lowest BCUT2D eigenvalue weighted by atomic mass is 10.1. The van der Waals surface area contributed by atoms with Crippen molar-refractivity contribution >= 4 is 28.3 Å². The Bertz CT molecular complexity index is 1080. The van der Waals surface area contributed by atoms with Gasteiger partial charge in [0.15, 0.2) is 6.61 Å². The number of H-pyrrole nitrogens is 1. The Labute approximate surface area is 153 Å². The molecule has 0 aliphatic carbocycles. The van der Waals surface area contributed by atoms with E-state index in [0.717, 1.165) is 5.56 Å². The van der Waals surface area contributed by atoms with E-state index >= 15 is 0 Å². The van der Waals surface area contributed by atoms with Crippen LogP contribution in [0.2, 0.25) is 0 Å². The van der Waals surface area contributed by atoms with Gasteiger partial charge in [-0.3, -0.25) is 14.4 Å². The number of amides is 1. The molecule has 0 radical (unpaired) electrons. The zero-order chi connectivity index (χ0) is 19.4. The first kappa shape index (κ1) is 18.2. The predicted molar refractivity (Wildman–Crippen MR) is 96.8 cm³/mol. The maximum Gasteiger partial charge on any atom is 0.312 e. The molecule has 2 N–H and O–H groups in total. The van der Waals surface area contributed by atoms with E-state index in [9.17, 15) is 18.8 Å². The fourth-order valence-corrected chi connectivity index (χ4v) is 2.55. The summed E-state index contributed by atoms with van der Waals surface area (Å²) >= 11 is 0. The van der Waals surface area contributed by atoms with E-state index in [4.69, 9.17) is 4.74 Å². The number of esters is 1. The third kappa shape index (κ3) is 4.35. The molecule has 0 saturated carbocycles. The maximum atomic E-state index is 13.7. The van der Waals surface area contributed by atoms with Crippen LogP contribution in [-0.2, 0) is 20.7 Å². The Morgan fingerprint density at radius 2 is 1.93 bits per heavy atom. The van der Waals surface area contributed by atoms with Crippen LogP contribution in [0.4, 0.5) is 10.1 Å². The quantitative estimate of drug-likeness (QED) is 0.671. The van der Waals surface area contributed by atoms with Crippen molar-refractivity contribution in [2.24, 2.45) is 0 Å². The number of nitrogens with zero attached hydrogens (tertiary/aromatic N) is 1. The van der Waals surface area contributed by atoms with Gasteiger partial charge in [0.05, 0.1) is 23.2 Å². The lowest BCUT2D eigenvalue weighted by molar-refractivity contribution is -0.146. The molecule has 3 rings (SSSR count). The van der Waals surface area contributed by atoms with Crippen LogP contribution >= 0.6 is 0 Å². The molecule has 0 unspecified atom stereocenters. The number of aryl methyl sites for hydroxylation is 1. The number of benzene rings is 2. The first-order valence-corrected chi connectivity index (χ1v) is 8.12. The fraction of sp³-hybridized carbons (Fsp3) is 0.158. The van der Waals surface area contributed by atoms with Gasteiger partial charge in [0, 0.05) is 5.39 Å². The summed E-state index contributed by atoms with van der Waals surface area (Å²) in [6, 6.07) is 11.1. The van der Waals surface area contributed by atoms with E-state index in [0.29, 0.717) is 16.5 Å². The average molecular weight is 369 g/mol. The number of aromatic nitrogens is 2. The Kier molecular flexibility index (Phi) is 5.25. The summed E-state index contributed by atoms with van der Waals surface area (Å²) in [7, 11) is 0. The number of fused-ring (bicyclic) bond motifs is 1. The molecule has 0 aliphatic rings. The van der Waals surface area contributed by atoms with Crippen LogP contribution in [0, 0.1) is 12.7 Å². The predicted octanol–water partition coefficient (Wildman–Crippen LogP) is 2.10. The number of hydrogen-bond acceptors (Lipinski definition) is 5. The number of carbonyl (C=O) groups is 2. The smallest absolute Gasteiger partial charge is 0.312 e. The number of aromatic amines is 1. The molecule has 1 aromatic heterocycles. The number of hydrogen-bond donors (Lipinski definition) is 2. The second kappa shape index (κ2) is 7.77. The standard InChI is InChI=1S/C19H16FN3O4/c1-11-6-7-15(14(20)8-11)21-17(24)10-27-18(25)9-16-12-4-2-3-5-13(12)19(26)23-22-16/h2-8H,9-10H2,1H3,(H,21,24)(H,23,26). The van der Waals surface area contributed by atoms with Crippen LogP contribution in [0.3, 0.4) is 0 Å². The molecule has 0 bridgehead atoms. The second-order valence-corrected chi connectivity index (χ2v) is 5.91. The first-order valence-electron chi connectivity index (χ1n) is 8.12. The number of ether oxygens (including phenoxy) is 1. The normalized spacial score (nSPS) is 10.6. The summed E-state index contributed by atoms with van der Waals surface area (Å²) in [6.45, 7) is 1.17. The van der Waals surface area contributed by atoms with Crippen LogP contribution in [0.15, 0.2) is 47.3 Å². The molecule has 3 aromatic rings. The number of carbonyl (C=O) groups excluding carboxylic acids is 2. The molecule has 27 heavy (non-hydrogen) atoms. The number of anilines is 1. The van der Waals surface area contributed by atoms with Crippen molar-refractivity contribution in [3.8, 4) is 0 Å². The lowest BCUT2D eigenvalue weighted by Gasteiger charge is -2.08. The highest BCUT2D eigenvalue weighted by molar-refractivity contribution is 5.93. The van der Waals surface area contributed by atoms with Crippen molar-refractivity contribution in [3.05, 3.63) is 69.9 Å². The minimum Gasteiger partial charge on any atom is -0.455 e. The molecule has 0 aliphatic heterocycles. The van der Waals surface area contributed by atoms with E-state index < -0.39 is 24.3 Å².